The number of benzene rings is 2. The number of hydrogen-bond acceptors (Lipinski definition) is 3. The minimum Gasteiger partial charge on any atom is -0.496 e. The Kier molecular flexibility index (Phi) is 4.77. The molecule has 104 valence electrons. The summed E-state index contributed by atoms with van der Waals surface area (Å²) in [5.74, 6) is 1.42. The average molecular weight is 270 g/mol. The highest BCUT2D eigenvalue weighted by Crippen LogP contribution is 2.19. The van der Waals surface area contributed by atoms with Crippen LogP contribution in [0.3, 0.4) is 0 Å². The fourth-order valence-electron chi connectivity index (χ4n) is 1.98. The molecule has 3 heteroatoms. The van der Waals surface area contributed by atoms with Crippen molar-refractivity contribution in [2.75, 3.05) is 13.7 Å². The summed E-state index contributed by atoms with van der Waals surface area (Å²) in [6.45, 7) is 2.37. The fourth-order valence-corrected chi connectivity index (χ4v) is 1.98. The average Bonchev–Trinajstić information content (AvgIpc) is 2.47. The second-order valence-corrected chi connectivity index (χ2v) is 4.54. The van der Waals surface area contributed by atoms with Crippen LogP contribution in [0, 0.1) is 6.92 Å². The molecule has 20 heavy (non-hydrogen) atoms. The van der Waals surface area contributed by atoms with Crippen molar-refractivity contribution in [2.45, 2.75) is 13.3 Å². The number of aryl methyl sites for hydroxylation is 1. The third kappa shape index (κ3) is 3.60. The Hall–Kier alpha value is -2.29. The Balaban J connectivity index is 1.92. The van der Waals surface area contributed by atoms with E-state index in [-0.39, 0.29) is 5.78 Å². The van der Waals surface area contributed by atoms with Gasteiger partial charge in [-0.05, 0) is 36.8 Å². The molecular weight excluding hydrogens is 252 g/mol. The zero-order chi connectivity index (χ0) is 14.4. The van der Waals surface area contributed by atoms with Gasteiger partial charge in [-0.3, -0.25) is 4.79 Å². The van der Waals surface area contributed by atoms with Gasteiger partial charge in [-0.15, -0.1) is 0 Å². The van der Waals surface area contributed by atoms with E-state index >= 15 is 0 Å². The van der Waals surface area contributed by atoms with Crippen molar-refractivity contribution in [1.82, 2.24) is 0 Å². The second kappa shape index (κ2) is 6.75. The van der Waals surface area contributed by atoms with Crippen molar-refractivity contribution in [1.29, 1.82) is 0 Å². The topological polar surface area (TPSA) is 35.5 Å². The molecule has 0 aromatic heterocycles. The Labute approximate surface area is 119 Å². The lowest BCUT2D eigenvalue weighted by Crippen LogP contribution is -2.08. The summed E-state index contributed by atoms with van der Waals surface area (Å²) in [7, 11) is 1.56. The van der Waals surface area contributed by atoms with Crippen LogP contribution in [0.1, 0.15) is 22.3 Å². The first-order valence-corrected chi connectivity index (χ1v) is 6.56. The summed E-state index contributed by atoms with van der Waals surface area (Å²) in [5, 5.41) is 0. The molecule has 0 saturated heterocycles. The molecule has 0 saturated carbocycles. The van der Waals surface area contributed by atoms with E-state index in [9.17, 15) is 4.79 Å². The number of Topliss-reactive ketones (excluding diaryl/α,β-unsaturated/α-hetero) is 1. The van der Waals surface area contributed by atoms with E-state index in [0.29, 0.717) is 24.3 Å². The molecule has 0 radical (unpaired) electrons. The number of ketones is 1. The first-order valence-electron chi connectivity index (χ1n) is 6.56. The lowest BCUT2D eigenvalue weighted by atomic mass is 10.1. The first-order chi connectivity index (χ1) is 9.70. The Morgan fingerprint density at radius 3 is 2.65 bits per heavy atom. The van der Waals surface area contributed by atoms with E-state index in [2.05, 4.69) is 0 Å². The van der Waals surface area contributed by atoms with Gasteiger partial charge < -0.3 is 9.47 Å². The molecule has 0 N–H and O–H groups in total. The number of para-hydroxylation sites is 1. The third-order valence-corrected chi connectivity index (χ3v) is 2.99. The van der Waals surface area contributed by atoms with Crippen molar-refractivity contribution in [3.05, 3.63) is 59.7 Å². The van der Waals surface area contributed by atoms with Crippen LogP contribution in [0.25, 0.3) is 0 Å². The molecule has 0 aliphatic carbocycles. The number of hydrogen-bond donors (Lipinski definition) is 0. The number of carbonyl (C=O) groups is 1. The lowest BCUT2D eigenvalue weighted by Gasteiger charge is -2.08. The molecule has 0 aliphatic heterocycles. The van der Waals surface area contributed by atoms with Crippen molar-refractivity contribution in [2.24, 2.45) is 0 Å². The van der Waals surface area contributed by atoms with Crippen molar-refractivity contribution in [3.8, 4) is 11.5 Å². The highest BCUT2D eigenvalue weighted by Gasteiger charge is 2.11. The van der Waals surface area contributed by atoms with Gasteiger partial charge in [0.25, 0.3) is 0 Å². The molecule has 0 atom stereocenters. The molecule has 2 aromatic rings. The molecule has 3 nitrogen and oxygen atoms in total. The van der Waals surface area contributed by atoms with Crippen molar-refractivity contribution < 1.29 is 14.3 Å². The van der Waals surface area contributed by atoms with Crippen LogP contribution < -0.4 is 9.47 Å². The molecule has 0 fully saturated rings. The van der Waals surface area contributed by atoms with Crippen molar-refractivity contribution in [3.63, 3.8) is 0 Å². The maximum Gasteiger partial charge on any atom is 0.169 e. The highest BCUT2D eigenvalue weighted by molar-refractivity contribution is 5.98. The fraction of sp³-hybridized carbons (Fsp3) is 0.235. The van der Waals surface area contributed by atoms with E-state index in [4.69, 9.17) is 9.47 Å². The number of carbonyl (C=O) groups excluding carboxylic acids is 1. The van der Waals surface area contributed by atoms with Gasteiger partial charge in [0.05, 0.1) is 19.3 Å². The van der Waals surface area contributed by atoms with Crippen LogP contribution in [0.15, 0.2) is 48.5 Å². The van der Waals surface area contributed by atoms with Gasteiger partial charge in [0.2, 0.25) is 0 Å². The van der Waals surface area contributed by atoms with Crippen LogP contribution in [0.2, 0.25) is 0 Å². The van der Waals surface area contributed by atoms with Gasteiger partial charge in [0.1, 0.15) is 11.5 Å². The minimum absolute atomic E-state index is 0.0232. The Morgan fingerprint density at radius 1 is 1.10 bits per heavy atom. The molecular formula is C17H18O3. The van der Waals surface area contributed by atoms with E-state index in [0.717, 1.165) is 11.3 Å². The largest absolute Gasteiger partial charge is 0.496 e. The third-order valence-electron chi connectivity index (χ3n) is 2.99. The summed E-state index contributed by atoms with van der Waals surface area (Å²) < 4.78 is 10.8. The van der Waals surface area contributed by atoms with E-state index < -0.39 is 0 Å². The standard InChI is InChI=1S/C17H18O3/c1-13-6-5-7-14(12-13)20-11-10-16(18)15-8-3-4-9-17(15)19-2/h3-9,12H,10-11H2,1-2H3. The molecule has 2 aromatic carbocycles. The van der Waals surface area contributed by atoms with E-state index in [1.807, 2.05) is 43.3 Å². The van der Waals surface area contributed by atoms with Crippen LogP contribution in [0.4, 0.5) is 0 Å². The van der Waals surface area contributed by atoms with Gasteiger partial charge >= 0.3 is 0 Å². The maximum absolute atomic E-state index is 12.1. The number of rotatable bonds is 6. The second-order valence-electron chi connectivity index (χ2n) is 4.54. The molecule has 2 rings (SSSR count). The summed E-state index contributed by atoms with van der Waals surface area (Å²) in [6.07, 6.45) is 0.328. The smallest absolute Gasteiger partial charge is 0.169 e. The number of methoxy groups -OCH3 is 1. The highest BCUT2D eigenvalue weighted by atomic mass is 16.5. The lowest BCUT2D eigenvalue weighted by molar-refractivity contribution is 0.0959. The number of ether oxygens (including phenoxy) is 2. The predicted octanol–water partition coefficient (Wildman–Crippen LogP) is 3.66. The first kappa shape index (κ1) is 14.1. The predicted molar refractivity (Wildman–Crippen MR) is 78.6 cm³/mol. The summed E-state index contributed by atoms with van der Waals surface area (Å²) in [6, 6.07) is 15.0. The van der Waals surface area contributed by atoms with Gasteiger partial charge in [-0.25, -0.2) is 0 Å². The quantitative estimate of drug-likeness (QED) is 0.751. The zero-order valence-corrected chi connectivity index (χ0v) is 11.8. The molecule has 0 amide bonds. The maximum atomic E-state index is 12.1. The minimum atomic E-state index is 0.0232. The summed E-state index contributed by atoms with van der Waals surface area (Å²) >= 11 is 0. The summed E-state index contributed by atoms with van der Waals surface area (Å²) in [4.78, 5) is 12.1. The SMILES string of the molecule is COc1ccccc1C(=O)CCOc1cccc(C)c1. The normalized spacial score (nSPS) is 10.1. The Bertz CT molecular complexity index is 590. The molecule has 0 bridgehead atoms. The van der Waals surface area contributed by atoms with Gasteiger partial charge in [-0.1, -0.05) is 24.3 Å². The van der Waals surface area contributed by atoms with Gasteiger partial charge in [-0.2, -0.15) is 0 Å². The van der Waals surface area contributed by atoms with Gasteiger partial charge in [0, 0.05) is 6.42 Å². The molecule has 0 unspecified atom stereocenters. The molecule has 0 aliphatic rings. The van der Waals surface area contributed by atoms with Crippen LogP contribution in [-0.4, -0.2) is 19.5 Å². The summed E-state index contributed by atoms with van der Waals surface area (Å²) in [5.41, 5.74) is 1.74. The van der Waals surface area contributed by atoms with Crippen molar-refractivity contribution >= 4 is 5.78 Å². The van der Waals surface area contributed by atoms with E-state index in [1.54, 1.807) is 19.2 Å². The molecule has 0 spiro atoms. The van der Waals surface area contributed by atoms with Gasteiger partial charge in [0.15, 0.2) is 5.78 Å². The van der Waals surface area contributed by atoms with E-state index in [1.165, 1.54) is 0 Å². The van der Waals surface area contributed by atoms with Crippen LogP contribution in [0.5, 0.6) is 11.5 Å². The zero-order valence-electron chi connectivity index (χ0n) is 11.8. The Morgan fingerprint density at radius 2 is 1.90 bits per heavy atom. The monoisotopic (exact) mass is 270 g/mol. The van der Waals surface area contributed by atoms with Crippen LogP contribution >= 0.6 is 0 Å². The van der Waals surface area contributed by atoms with Crippen LogP contribution in [-0.2, 0) is 0 Å². The molecule has 0 heterocycles.